The molecule has 0 aliphatic heterocycles. The normalized spacial score (nSPS) is 10.3. The van der Waals surface area contributed by atoms with Crippen molar-refractivity contribution < 1.29 is 9.90 Å². The van der Waals surface area contributed by atoms with Crippen LogP contribution in [0, 0.1) is 13.8 Å². The fourth-order valence-electron chi connectivity index (χ4n) is 1.89. The van der Waals surface area contributed by atoms with Crippen LogP contribution in [0.2, 0.25) is 0 Å². The largest absolute Gasteiger partial charge is 0.392 e. The molecule has 4 nitrogen and oxygen atoms in total. The zero-order valence-electron chi connectivity index (χ0n) is 11.0. The molecular weight excluding hydrogens is 240 g/mol. The highest BCUT2D eigenvalue weighted by atomic mass is 16.3. The van der Waals surface area contributed by atoms with E-state index in [9.17, 15) is 9.90 Å². The Balaban J connectivity index is 2.26. The first-order chi connectivity index (χ1) is 9.11. The van der Waals surface area contributed by atoms with Gasteiger partial charge in [-0.2, -0.15) is 0 Å². The smallest absolute Gasteiger partial charge is 0.257 e. The summed E-state index contributed by atoms with van der Waals surface area (Å²) in [6, 6.07) is 7.18. The minimum Gasteiger partial charge on any atom is -0.392 e. The van der Waals surface area contributed by atoms with Crippen molar-refractivity contribution in [2.45, 2.75) is 20.5 Å². The van der Waals surface area contributed by atoms with Crippen LogP contribution in [0.3, 0.4) is 0 Å². The number of aryl methyl sites for hydroxylation is 2. The molecule has 2 rings (SSSR count). The first kappa shape index (κ1) is 13.2. The molecule has 0 bridgehead atoms. The number of nitrogens with one attached hydrogen (secondary N) is 1. The molecular formula is C15H16N2O2. The molecule has 0 spiro atoms. The van der Waals surface area contributed by atoms with Gasteiger partial charge in [0.05, 0.1) is 12.2 Å². The summed E-state index contributed by atoms with van der Waals surface area (Å²) in [5.41, 5.74) is 4.01. The molecule has 1 aromatic heterocycles. The molecule has 1 amide bonds. The molecule has 2 N–H and O–H groups in total. The SMILES string of the molecule is Cc1cc(C)c(NC(=O)c2cccnc2)cc1CO. The number of amides is 1. The summed E-state index contributed by atoms with van der Waals surface area (Å²) >= 11 is 0. The van der Waals surface area contributed by atoms with Crippen molar-refractivity contribution in [3.8, 4) is 0 Å². The zero-order valence-corrected chi connectivity index (χ0v) is 11.0. The van der Waals surface area contributed by atoms with Gasteiger partial charge in [-0.3, -0.25) is 9.78 Å². The standard InChI is InChI=1S/C15H16N2O2/c1-10-6-11(2)14(7-13(10)9-18)17-15(19)12-4-3-5-16-8-12/h3-8,18H,9H2,1-2H3,(H,17,19). The number of rotatable bonds is 3. The Hall–Kier alpha value is -2.20. The van der Waals surface area contributed by atoms with Crippen molar-refractivity contribution in [1.82, 2.24) is 4.98 Å². The monoisotopic (exact) mass is 256 g/mol. The molecule has 1 heterocycles. The average Bonchev–Trinajstić information content (AvgIpc) is 2.42. The Kier molecular flexibility index (Phi) is 3.92. The van der Waals surface area contributed by atoms with Gasteiger partial charge >= 0.3 is 0 Å². The van der Waals surface area contributed by atoms with Crippen LogP contribution in [0.1, 0.15) is 27.0 Å². The first-order valence-electron chi connectivity index (χ1n) is 6.04. The molecule has 19 heavy (non-hydrogen) atoms. The van der Waals surface area contributed by atoms with Crippen molar-refractivity contribution in [2.75, 3.05) is 5.32 Å². The predicted octanol–water partition coefficient (Wildman–Crippen LogP) is 2.44. The van der Waals surface area contributed by atoms with Crippen LogP contribution < -0.4 is 5.32 Å². The van der Waals surface area contributed by atoms with Crippen LogP contribution in [0.25, 0.3) is 0 Å². The lowest BCUT2D eigenvalue weighted by Crippen LogP contribution is -2.13. The number of benzene rings is 1. The lowest BCUT2D eigenvalue weighted by Gasteiger charge is -2.12. The van der Waals surface area contributed by atoms with E-state index >= 15 is 0 Å². The summed E-state index contributed by atoms with van der Waals surface area (Å²) in [5.74, 6) is -0.205. The molecule has 0 atom stereocenters. The summed E-state index contributed by atoms with van der Waals surface area (Å²) in [7, 11) is 0. The van der Waals surface area contributed by atoms with Crippen molar-refractivity contribution in [3.05, 3.63) is 58.9 Å². The van der Waals surface area contributed by atoms with E-state index in [4.69, 9.17) is 0 Å². The minimum atomic E-state index is -0.205. The Morgan fingerprint density at radius 2 is 2.11 bits per heavy atom. The molecule has 98 valence electrons. The van der Waals surface area contributed by atoms with Gasteiger partial charge in [0.2, 0.25) is 0 Å². The lowest BCUT2D eigenvalue weighted by atomic mass is 10.0. The van der Waals surface area contributed by atoms with Crippen LogP contribution in [0.5, 0.6) is 0 Å². The molecule has 0 saturated carbocycles. The van der Waals surface area contributed by atoms with Gasteiger partial charge in [-0.1, -0.05) is 6.07 Å². The topological polar surface area (TPSA) is 62.2 Å². The van der Waals surface area contributed by atoms with Crippen molar-refractivity contribution >= 4 is 11.6 Å². The average molecular weight is 256 g/mol. The minimum absolute atomic E-state index is 0.0398. The fraction of sp³-hybridized carbons (Fsp3) is 0.200. The van der Waals surface area contributed by atoms with Crippen LogP contribution in [0.15, 0.2) is 36.7 Å². The highest BCUT2D eigenvalue weighted by Crippen LogP contribution is 2.21. The second kappa shape index (κ2) is 5.63. The molecule has 2 aromatic rings. The number of aliphatic hydroxyl groups is 1. The molecule has 0 unspecified atom stereocenters. The number of aromatic nitrogens is 1. The summed E-state index contributed by atoms with van der Waals surface area (Å²) < 4.78 is 0. The van der Waals surface area contributed by atoms with E-state index in [1.165, 1.54) is 6.20 Å². The number of nitrogens with zero attached hydrogens (tertiary/aromatic N) is 1. The Labute approximate surface area is 112 Å². The van der Waals surface area contributed by atoms with E-state index in [1.807, 2.05) is 19.9 Å². The Morgan fingerprint density at radius 3 is 2.74 bits per heavy atom. The van der Waals surface area contributed by atoms with Gasteiger partial charge in [-0.15, -0.1) is 0 Å². The van der Waals surface area contributed by atoms with E-state index in [-0.39, 0.29) is 12.5 Å². The van der Waals surface area contributed by atoms with Gasteiger partial charge in [0.1, 0.15) is 0 Å². The number of hydrogen-bond acceptors (Lipinski definition) is 3. The number of carbonyl (C=O) groups excluding carboxylic acids is 1. The highest BCUT2D eigenvalue weighted by molar-refractivity contribution is 6.04. The summed E-state index contributed by atoms with van der Waals surface area (Å²) in [6.45, 7) is 3.82. The van der Waals surface area contributed by atoms with Gasteiger partial charge in [-0.25, -0.2) is 0 Å². The van der Waals surface area contributed by atoms with Crippen molar-refractivity contribution in [3.63, 3.8) is 0 Å². The molecule has 0 radical (unpaired) electrons. The van der Waals surface area contributed by atoms with Gasteiger partial charge in [0, 0.05) is 18.1 Å². The van der Waals surface area contributed by atoms with E-state index in [1.54, 1.807) is 24.4 Å². The quantitative estimate of drug-likeness (QED) is 0.886. The Bertz CT molecular complexity index is 595. The zero-order chi connectivity index (χ0) is 13.8. The number of anilines is 1. The van der Waals surface area contributed by atoms with Gasteiger partial charge in [0.25, 0.3) is 5.91 Å². The van der Waals surface area contributed by atoms with Gasteiger partial charge in [-0.05, 0) is 48.7 Å². The number of carbonyl (C=O) groups is 1. The molecule has 0 aliphatic rings. The maximum absolute atomic E-state index is 12.0. The number of aliphatic hydroxyl groups excluding tert-OH is 1. The molecule has 0 fully saturated rings. The van der Waals surface area contributed by atoms with E-state index < -0.39 is 0 Å². The molecule has 0 aliphatic carbocycles. The van der Waals surface area contributed by atoms with Crippen LogP contribution >= 0.6 is 0 Å². The second-order valence-electron chi connectivity index (χ2n) is 4.45. The molecule has 1 aromatic carbocycles. The number of hydrogen-bond donors (Lipinski definition) is 2. The predicted molar refractivity (Wildman–Crippen MR) is 74.0 cm³/mol. The van der Waals surface area contributed by atoms with Crippen LogP contribution in [-0.4, -0.2) is 16.0 Å². The van der Waals surface area contributed by atoms with Gasteiger partial charge < -0.3 is 10.4 Å². The second-order valence-corrected chi connectivity index (χ2v) is 4.45. The highest BCUT2D eigenvalue weighted by Gasteiger charge is 2.09. The summed E-state index contributed by atoms with van der Waals surface area (Å²) in [4.78, 5) is 16.0. The van der Waals surface area contributed by atoms with Crippen LogP contribution in [0.4, 0.5) is 5.69 Å². The first-order valence-corrected chi connectivity index (χ1v) is 6.04. The third-order valence-corrected chi connectivity index (χ3v) is 3.03. The van der Waals surface area contributed by atoms with E-state index in [2.05, 4.69) is 10.3 Å². The summed E-state index contributed by atoms with van der Waals surface area (Å²) in [5, 5.41) is 12.1. The van der Waals surface area contributed by atoms with Crippen LogP contribution in [-0.2, 0) is 6.61 Å². The lowest BCUT2D eigenvalue weighted by molar-refractivity contribution is 0.102. The fourth-order valence-corrected chi connectivity index (χ4v) is 1.89. The van der Waals surface area contributed by atoms with Crippen molar-refractivity contribution in [2.24, 2.45) is 0 Å². The maximum atomic E-state index is 12.0. The maximum Gasteiger partial charge on any atom is 0.257 e. The number of pyridine rings is 1. The van der Waals surface area contributed by atoms with E-state index in [0.29, 0.717) is 11.3 Å². The molecule has 0 saturated heterocycles. The van der Waals surface area contributed by atoms with E-state index in [0.717, 1.165) is 16.7 Å². The molecule has 4 heteroatoms. The summed E-state index contributed by atoms with van der Waals surface area (Å²) in [6.07, 6.45) is 3.14. The third-order valence-electron chi connectivity index (χ3n) is 3.03. The van der Waals surface area contributed by atoms with Crippen molar-refractivity contribution in [1.29, 1.82) is 0 Å². The Morgan fingerprint density at radius 1 is 1.32 bits per heavy atom. The van der Waals surface area contributed by atoms with Gasteiger partial charge in [0.15, 0.2) is 0 Å². The third kappa shape index (κ3) is 2.98.